The monoisotopic (exact) mass is 361 g/mol. The third-order valence-corrected chi connectivity index (χ3v) is 3.76. The highest BCUT2D eigenvalue weighted by Crippen LogP contribution is 2.19. The maximum Gasteiger partial charge on any atom is 0.238 e. The Hall–Kier alpha value is -0.620. The molecule has 1 saturated heterocycles. The molecule has 112 valence electrons. The Kier molecular flexibility index (Phi) is 7.51. The number of hydrogen-bond donors (Lipinski definition) is 2. The van der Waals surface area contributed by atoms with Crippen LogP contribution in [0.25, 0.3) is 0 Å². The van der Waals surface area contributed by atoms with Gasteiger partial charge in [-0.15, -0.1) is 12.4 Å². The van der Waals surface area contributed by atoms with Crippen LogP contribution in [-0.4, -0.2) is 43.5 Å². The molecule has 0 radical (unpaired) electrons. The first-order valence-electron chi connectivity index (χ1n) is 6.64. The zero-order valence-electron chi connectivity index (χ0n) is 11.6. The summed E-state index contributed by atoms with van der Waals surface area (Å²) in [5, 5.41) is 6.32. The van der Waals surface area contributed by atoms with E-state index in [1.165, 1.54) is 0 Å². The Morgan fingerprint density at radius 3 is 2.95 bits per heavy atom. The van der Waals surface area contributed by atoms with Crippen molar-refractivity contribution >= 4 is 39.9 Å². The molecule has 0 aromatic heterocycles. The fourth-order valence-electron chi connectivity index (χ4n) is 2.22. The van der Waals surface area contributed by atoms with E-state index in [1.54, 1.807) is 0 Å². The van der Waals surface area contributed by atoms with E-state index in [9.17, 15) is 4.79 Å². The van der Waals surface area contributed by atoms with Gasteiger partial charge in [-0.3, -0.25) is 9.69 Å². The molecule has 4 nitrogen and oxygen atoms in total. The number of carbonyl (C=O) groups is 1. The predicted octanol–water partition coefficient (Wildman–Crippen LogP) is 2.41. The molecule has 1 aliphatic heterocycles. The molecule has 1 heterocycles. The second kappa shape index (κ2) is 8.62. The lowest BCUT2D eigenvalue weighted by Gasteiger charge is -2.19. The smallest absolute Gasteiger partial charge is 0.238 e. The highest BCUT2D eigenvalue weighted by atomic mass is 79.9. The summed E-state index contributed by atoms with van der Waals surface area (Å²) in [6, 6.07) is 5.88. The number of aryl methyl sites for hydroxylation is 1. The van der Waals surface area contributed by atoms with E-state index in [1.807, 2.05) is 25.1 Å². The number of amides is 1. The summed E-state index contributed by atoms with van der Waals surface area (Å²) < 4.78 is 1.03. The van der Waals surface area contributed by atoms with Gasteiger partial charge in [-0.2, -0.15) is 0 Å². The van der Waals surface area contributed by atoms with E-state index in [0.29, 0.717) is 6.54 Å². The van der Waals surface area contributed by atoms with Gasteiger partial charge in [0.05, 0.1) is 6.54 Å². The van der Waals surface area contributed by atoms with Gasteiger partial charge < -0.3 is 10.6 Å². The van der Waals surface area contributed by atoms with Gasteiger partial charge in [-0.25, -0.2) is 0 Å². The van der Waals surface area contributed by atoms with Crippen molar-refractivity contribution in [2.75, 3.05) is 38.0 Å². The van der Waals surface area contributed by atoms with E-state index in [4.69, 9.17) is 0 Å². The van der Waals surface area contributed by atoms with Crippen molar-refractivity contribution in [1.29, 1.82) is 0 Å². The Morgan fingerprint density at radius 2 is 2.20 bits per heavy atom. The molecule has 2 N–H and O–H groups in total. The summed E-state index contributed by atoms with van der Waals surface area (Å²) in [5.74, 6) is 0.0623. The summed E-state index contributed by atoms with van der Waals surface area (Å²) >= 11 is 3.42. The van der Waals surface area contributed by atoms with Crippen LogP contribution >= 0.6 is 28.3 Å². The quantitative estimate of drug-likeness (QED) is 0.868. The number of nitrogens with one attached hydrogen (secondary N) is 2. The van der Waals surface area contributed by atoms with Gasteiger partial charge in [-0.1, -0.05) is 15.9 Å². The van der Waals surface area contributed by atoms with Crippen LogP contribution < -0.4 is 10.6 Å². The summed E-state index contributed by atoms with van der Waals surface area (Å²) in [7, 11) is 0. The molecule has 1 amide bonds. The Labute approximate surface area is 134 Å². The van der Waals surface area contributed by atoms with E-state index in [2.05, 4.69) is 31.5 Å². The number of benzene rings is 1. The summed E-state index contributed by atoms with van der Waals surface area (Å²) in [6.45, 7) is 6.40. The van der Waals surface area contributed by atoms with Gasteiger partial charge >= 0.3 is 0 Å². The topological polar surface area (TPSA) is 44.4 Å². The number of rotatable bonds is 3. The second-order valence-corrected chi connectivity index (χ2v) is 5.80. The van der Waals surface area contributed by atoms with Crippen molar-refractivity contribution in [3.05, 3.63) is 28.2 Å². The molecule has 20 heavy (non-hydrogen) atoms. The zero-order valence-corrected chi connectivity index (χ0v) is 14.0. The summed E-state index contributed by atoms with van der Waals surface area (Å²) in [5.41, 5.74) is 1.96. The molecule has 1 aliphatic rings. The van der Waals surface area contributed by atoms with Crippen LogP contribution in [0.2, 0.25) is 0 Å². The standard InChI is InChI=1S/C14H20BrN3O.ClH/c1-11-9-12(15)3-4-13(11)17-14(19)10-18-7-2-5-16-6-8-18;/h3-4,9,16H,2,5-8,10H2,1H3,(H,17,19);1H. The lowest BCUT2D eigenvalue weighted by molar-refractivity contribution is -0.117. The van der Waals surface area contributed by atoms with Crippen LogP contribution in [0.4, 0.5) is 5.69 Å². The van der Waals surface area contributed by atoms with Crippen LogP contribution in [0.5, 0.6) is 0 Å². The number of carbonyl (C=O) groups excluding carboxylic acids is 1. The molecule has 0 unspecified atom stereocenters. The van der Waals surface area contributed by atoms with Crippen LogP contribution in [0.15, 0.2) is 22.7 Å². The van der Waals surface area contributed by atoms with Gasteiger partial charge in [0.25, 0.3) is 0 Å². The molecule has 1 aromatic rings. The molecule has 1 aromatic carbocycles. The van der Waals surface area contributed by atoms with Crippen LogP contribution in [0, 0.1) is 6.92 Å². The van der Waals surface area contributed by atoms with Crippen LogP contribution in [0.3, 0.4) is 0 Å². The number of hydrogen-bond acceptors (Lipinski definition) is 3. The average Bonchev–Trinajstić information content (AvgIpc) is 2.61. The Morgan fingerprint density at radius 1 is 1.40 bits per heavy atom. The number of halogens is 2. The van der Waals surface area contributed by atoms with Gasteiger partial charge in [0, 0.05) is 23.2 Å². The van der Waals surface area contributed by atoms with Gasteiger partial charge in [0.1, 0.15) is 0 Å². The first-order chi connectivity index (χ1) is 9.15. The minimum absolute atomic E-state index is 0. The van der Waals surface area contributed by atoms with Gasteiger partial charge in [-0.05, 0) is 50.2 Å². The maximum absolute atomic E-state index is 12.0. The zero-order chi connectivity index (χ0) is 13.7. The molecule has 0 bridgehead atoms. The fraction of sp³-hybridized carbons (Fsp3) is 0.500. The number of anilines is 1. The van der Waals surface area contributed by atoms with Crippen molar-refractivity contribution < 1.29 is 4.79 Å². The summed E-state index contributed by atoms with van der Waals surface area (Å²) in [4.78, 5) is 14.2. The molecule has 6 heteroatoms. The first-order valence-corrected chi connectivity index (χ1v) is 7.43. The fourth-order valence-corrected chi connectivity index (χ4v) is 2.70. The largest absolute Gasteiger partial charge is 0.325 e. The van der Waals surface area contributed by atoms with Gasteiger partial charge in [0.2, 0.25) is 5.91 Å². The van der Waals surface area contributed by atoms with Crippen LogP contribution in [0.1, 0.15) is 12.0 Å². The Balaban J connectivity index is 0.00000200. The third kappa shape index (κ3) is 5.40. The molecular weight excluding hydrogens is 342 g/mol. The SMILES string of the molecule is Cc1cc(Br)ccc1NC(=O)CN1CCCNCC1.Cl. The second-order valence-electron chi connectivity index (χ2n) is 4.89. The average molecular weight is 363 g/mol. The first kappa shape index (κ1) is 17.4. The lowest BCUT2D eigenvalue weighted by Crippen LogP contribution is -2.35. The van der Waals surface area contributed by atoms with E-state index in [-0.39, 0.29) is 18.3 Å². The maximum atomic E-state index is 12.0. The third-order valence-electron chi connectivity index (χ3n) is 3.26. The van der Waals surface area contributed by atoms with Crippen LogP contribution in [-0.2, 0) is 4.79 Å². The summed E-state index contributed by atoms with van der Waals surface area (Å²) in [6.07, 6.45) is 1.10. The minimum Gasteiger partial charge on any atom is -0.325 e. The predicted molar refractivity (Wildman–Crippen MR) is 88.7 cm³/mol. The van der Waals surface area contributed by atoms with E-state index >= 15 is 0 Å². The Bertz CT molecular complexity index is 448. The minimum atomic E-state index is 0. The van der Waals surface area contributed by atoms with Crippen molar-refractivity contribution in [3.63, 3.8) is 0 Å². The number of nitrogens with zero attached hydrogens (tertiary/aromatic N) is 1. The molecular formula is C14H21BrClN3O. The molecule has 0 saturated carbocycles. The van der Waals surface area contributed by atoms with Crippen molar-refractivity contribution in [3.8, 4) is 0 Å². The highest BCUT2D eigenvalue weighted by molar-refractivity contribution is 9.10. The molecule has 0 spiro atoms. The molecule has 0 aliphatic carbocycles. The van der Waals surface area contributed by atoms with Crippen molar-refractivity contribution in [2.45, 2.75) is 13.3 Å². The van der Waals surface area contributed by atoms with E-state index in [0.717, 1.165) is 48.3 Å². The normalized spacial score (nSPS) is 16.1. The molecule has 2 rings (SSSR count). The lowest BCUT2D eigenvalue weighted by atomic mass is 10.2. The van der Waals surface area contributed by atoms with Crippen molar-refractivity contribution in [1.82, 2.24) is 10.2 Å². The molecule has 0 atom stereocenters. The van der Waals surface area contributed by atoms with Crippen molar-refractivity contribution in [2.24, 2.45) is 0 Å². The van der Waals surface area contributed by atoms with E-state index < -0.39 is 0 Å². The highest BCUT2D eigenvalue weighted by Gasteiger charge is 2.13. The van der Waals surface area contributed by atoms with Gasteiger partial charge in [0.15, 0.2) is 0 Å². The molecule has 1 fully saturated rings.